The maximum absolute atomic E-state index is 5.54. The Kier molecular flexibility index (Phi) is 5.38. The largest absolute Gasteiger partial charge is 0.497 e. The fraction of sp³-hybridized carbons (Fsp3) is 0.241. The van der Waals surface area contributed by atoms with Gasteiger partial charge in [0.05, 0.1) is 37.0 Å². The van der Waals surface area contributed by atoms with Crippen molar-refractivity contribution in [1.29, 1.82) is 0 Å². The summed E-state index contributed by atoms with van der Waals surface area (Å²) in [5, 5.41) is 7.18. The van der Waals surface area contributed by atoms with E-state index in [1.807, 2.05) is 18.3 Å². The number of methoxy groups -OCH3 is 1. The topological polar surface area (TPSA) is 52.4 Å². The molecule has 3 heterocycles. The zero-order valence-corrected chi connectivity index (χ0v) is 20.3. The molecule has 0 N–H and O–H groups in total. The van der Waals surface area contributed by atoms with E-state index >= 15 is 0 Å². The summed E-state index contributed by atoms with van der Waals surface area (Å²) in [5.41, 5.74) is 8.67. The number of nitrogens with zero attached hydrogens (tertiary/aromatic N) is 4. The summed E-state index contributed by atoms with van der Waals surface area (Å²) in [5.74, 6) is 0.802. The molecule has 0 atom stereocenters. The van der Waals surface area contributed by atoms with Gasteiger partial charge < -0.3 is 14.4 Å². The lowest BCUT2D eigenvalue weighted by atomic mass is 10.1. The van der Waals surface area contributed by atoms with Crippen molar-refractivity contribution in [3.8, 4) is 22.7 Å². The molecule has 6 rings (SSSR count). The van der Waals surface area contributed by atoms with Gasteiger partial charge >= 0.3 is 0 Å². The molecule has 0 unspecified atom stereocenters. The average Bonchev–Trinajstić information content (AvgIpc) is 3.31. The van der Waals surface area contributed by atoms with Gasteiger partial charge in [0.25, 0.3) is 0 Å². The summed E-state index contributed by atoms with van der Waals surface area (Å²) >= 11 is 0. The van der Waals surface area contributed by atoms with Crippen LogP contribution in [-0.2, 0) is 4.74 Å². The molecule has 1 aliphatic heterocycles. The van der Waals surface area contributed by atoms with Crippen LogP contribution >= 0.6 is 0 Å². The Morgan fingerprint density at radius 2 is 1.60 bits per heavy atom. The molecule has 0 bridgehead atoms. The highest BCUT2D eigenvalue weighted by Crippen LogP contribution is 2.36. The summed E-state index contributed by atoms with van der Waals surface area (Å²) < 4.78 is 13.1. The molecule has 1 fully saturated rings. The summed E-state index contributed by atoms with van der Waals surface area (Å²) in [4.78, 5) is 7.13. The lowest BCUT2D eigenvalue weighted by Gasteiger charge is -2.28. The molecule has 176 valence electrons. The van der Waals surface area contributed by atoms with Crippen LogP contribution in [0.1, 0.15) is 11.1 Å². The van der Waals surface area contributed by atoms with Gasteiger partial charge in [-0.05, 0) is 67.4 Å². The molecule has 0 radical (unpaired) electrons. The van der Waals surface area contributed by atoms with E-state index in [2.05, 4.69) is 72.0 Å². The van der Waals surface area contributed by atoms with Crippen LogP contribution in [0.5, 0.6) is 5.75 Å². The third-order valence-corrected chi connectivity index (χ3v) is 6.97. The summed E-state index contributed by atoms with van der Waals surface area (Å²) in [7, 11) is 1.69. The number of hydrogen-bond acceptors (Lipinski definition) is 5. The second-order valence-corrected chi connectivity index (χ2v) is 9.08. The van der Waals surface area contributed by atoms with Gasteiger partial charge in [0.2, 0.25) is 0 Å². The van der Waals surface area contributed by atoms with E-state index in [0.717, 1.165) is 70.8 Å². The molecule has 6 nitrogen and oxygen atoms in total. The Morgan fingerprint density at radius 3 is 2.34 bits per heavy atom. The summed E-state index contributed by atoms with van der Waals surface area (Å²) in [6.45, 7) is 7.65. The fourth-order valence-electron chi connectivity index (χ4n) is 4.80. The van der Waals surface area contributed by atoms with E-state index in [0.29, 0.717) is 0 Å². The van der Waals surface area contributed by atoms with Crippen molar-refractivity contribution < 1.29 is 9.47 Å². The molecule has 1 aliphatic rings. The number of aryl methyl sites for hydroxylation is 2. The van der Waals surface area contributed by atoms with Gasteiger partial charge in [-0.15, -0.1) is 0 Å². The van der Waals surface area contributed by atoms with E-state index in [4.69, 9.17) is 19.6 Å². The van der Waals surface area contributed by atoms with Crippen molar-refractivity contribution in [2.24, 2.45) is 0 Å². The van der Waals surface area contributed by atoms with Gasteiger partial charge in [-0.25, -0.2) is 4.68 Å². The Bertz CT molecular complexity index is 1530. The number of anilines is 1. The van der Waals surface area contributed by atoms with Crippen molar-refractivity contribution in [2.75, 3.05) is 38.3 Å². The minimum Gasteiger partial charge on any atom is -0.497 e. The number of aromatic nitrogens is 3. The quantitative estimate of drug-likeness (QED) is 0.341. The molecule has 6 heteroatoms. The van der Waals surface area contributed by atoms with Crippen LogP contribution in [-0.4, -0.2) is 48.2 Å². The van der Waals surface area contributed by atoms with E-state index < -0.39 is 0 Å². The number of morpholine rings is 1. The highest BCUT2D eigenvalue weighted by molar-refractivity contribution is 6.09. The summed E-state index contributed by atoms with van der Waals surface area (Å²) in [6.07, 6.45) is 1.94. The first-order chi connectivity index (χ1) is 17.1. The number of ether oxygens (including phenoxy) is 2. The number of rotatable bonds is 4. The standard InChI is InChI=1S/C29H28N4O2/c1-19-4-7-23(16-20(19)2)33-29-25-17-24(34-3)10-11-27(25)30-18-26(29)28(31-33)21-5-8-22(9-6-21)32-12-14-35-15-13-32/h4-11,16-18H,12-15H2,1-3H3. The lowest BCUT2D eigenvalue weighted by Crippen LogP contribution is -2.36. The second-order valence-electron chi connectivity index (χ2n) is 9.08. The average molecular weight is 465 g/mol. The predicted molar refractivity (Wildman–Crippen MR) is 141 cm³/mol. The van der Waals surface area contributed by atoms with Crippen molar-refractivity contribution >= 4 is 27.5 Å². The Labute approximate surface area is 204 Å². The zero-order valence-electron chi connectivity index (χ0n) is 20.3. The van der Waals surface area contributed by atoms with Gasteiger partial charge in [-0.2, -0.15) is 5.10 Å². The Hall–Kier alpha value is -3.90. The van der Waals surface area contributed by atoms with Gasteiger partial charge in [0, 0.05) is 41.3 Å². The second kappa shape index (κ2) is 8.71. The van der Waals surface area contributed by atoms with Gasteiger partial charge in [-0.3, -0.25) is 4.98 Å². The first-order valence-corrected chi connectivity index (χ1v) is 12.0. The molecule has 35 heavy (non-hydrogen) atoms. The van der Waals surface area contributed by atoms with E-state index in [-0.39, 0.29) is 0 Å². The Morgan fingerprint density at radius 1 is 0.829 bits per heavy atom. The number of benzene rings is 3. The molecule has 0 spiro atoms. The molecular weight excluding hydrogens is 436 g/mol. The normalized spacial score (nSPS) is 14.1. The highest BCUT2D eigenvalue weighted by atomic mass is 16.5. The summed E-state index contributed by atoms with van der Waals surface area (Å²) in [6, 6.07) is 21.2. The molecular formula is C29H28N4O2. The van der Waals surface area contributed by atoms with Crippen LogP contribution < -0.4 is 9.64 Å². The van der Waals surface area contributed by atoms with Crippen LogP contribution in [0.25, 0.3) is 38.8 Å². The van der Waals surface area contributed by atoms with Gasteiger partial charge in [0.15, 0.2) is 0 Å². The van der Waals surface area contributed by atoms with Gasteiger partial charge in [-0.1, -0.05) is 18.2 Å². The van der Waals surface area contributed by atoms with Crippen LogP contribution in [0.2, 0.25) is 0 Å². The first kappa shape index (κ1) is 21.6. The van der Waals surface area contributed by atoms with Crippen LogP contribution in [0.3, 0.4) is 0 Å². The molecule has 5 aromatic rings. The number of pyridine rings is 1. The molecule has 0 amide bonds. The van der Waals surface area contributed by atoms with Crippen LogP contribution in [0, 0.1) is 13.8 Å². The molecule has 1 saturated heterocycles. The number of fused-ring (bicyclic) bond motifs is 3. The van der Waals surface area contributed by atoms with E-state index in [9.17, 15) is 0 Å². The fourth-order valence-corrected chi connectivity index (χ4v) is 4.80. The third-order valence-electron chi connectivity index (χ3n) is 6.97. The van der Waals surface area contributed by atoms with E-state index in [1.165, 1.54) is 16.8 Å². The lowest BCUT2D eigenvalue weighted by molar-refractivity contribution is 0.122. The molecule has 2 aromatic heterocycles. The van der Waals surface area contributed by atoms with Crippen LogP contribution in [0.15, 0.2) is 66.9 Å². The maximum Gasteiger partial charge on any atom is 0.119 e. The Balaban J connectivity index is 1.56. The highest BCUT2D eigenvalue weighted by Gasteiger charge is 2.19. The third kappa shape index (κ3) is 3.80. The van der Waals surface area contributed by atoms with E-state index in [1.54, 1.807) is 7.11 Å². The minimum absolute atomic E-state index is 0.773. The maximum atomic E-state index is 5.54. The van der Waals surface area contributed by atoms with Crippen molar-refractivity contribution in [3.63, 3.8) is 0 Å². The van der Waals surface area contributed by atoms with Crippen molar-refractivity contribution in [1.82, 2.24) is 14.8 Å². The van der Waals surface area contributed by atoms with Crippen molar-refractivity contribution in [3.05, 3.63) is 78.0 Å². The van der Waals surface area contributed by atoms with Gasteiger partial charge in [0.1, 0.15) is 11.4 Å². The van der Waals surface area contributed by atoms with Crippen molar-refractivity contribution in [2.45, 2.75) is 13.8 Å². The zero-order chi connectivity index (χ0) is 23.9. The first-order valence-electron chi connectivity index (χ1n) is 12.0. The molecule has 0 saturated carbocycles. The SMILES string of the molecule is COc1ccc2ncc3c(-c4ccc(N5CCOCC5)cc4)nn(-c4ccc(C)c(C)c4)c3c2c1. The van der Waals surface area contributed by atoms with Crippen LogP contribution in [0.4, 0.5) is 5.69 Å². The smallest absolute Gasteiger partial charge is 0.119 e. The monoisotopic (exact) mass is 464 g/mol. The predicted octanol–water partition coefficient (Wildman–Crippen LogP) is 5.70. The molecule has 3 aromatic carbocycles. The molecule has 0 aliphatic carbocycles. The number of hydrogen-bond donors (Lipinski definition) is 0. The minimum atomic E-state index is 0.773.